The van der Waals surface area contributed by atoms with Gasteiger partial charge in [-0.2, -0.15) is 26.3 Å². The number of benzene rings is 2. The topological polar surface area (TPSA) is 117 Å². The minimum Gasteiger partial charge on any atom is -0.373 e. The van der Waals surface area contributed by atoms with E-state index in [1.54, 1.807) is 20.8 Å². The second-order valence-electron chi connectivity index (χ2n) is 10.3. The molecule has 2 aliphatic rings. The molecular formula is C26H26F6N6O3. The van der Waals surface area contributed by atoms with Crippen LogP contribution in [0.2, 0.25) is 0 Å². The third-order valence-electron chi connectivity index (χ3n) is 6.60. The van der Waals surface area contributed by atoms with Crippen molar-refractivity contribution >= 4 is 11.8 Å². The Balaban J connectivity index is 1.19. The molecule has 15 heteroatoms. The molecule has 0 saturated carbocycles. The van der Waals surface area contributed by atoms with Crippen molar-refractivity contribution < 1.29 is 40.7 Å². The Labute approximate surface area is 230 Å². The number of nitrogens with one attached hydrogen (secondary N) is 2. The van der Waals surface area contributed by atoms with Crippen LogP contribution in [0.1, 0.15) is 59.0 Å². The lowest BCUT2D eigenvalue weighted by Crippen LogP contribution is -2.40. The fraction of sp³-hybridized carbons (Fsp3) is 0.462. The summed E-state index contributed by atoms with van der Waals surface area (Å²) in [5, 5.41) is 17.9. The monoisotopic (exact) mass is 584 g/mol. The van der Waals surface area contributed by atoms with Gasteiger partial charge < -0.3 is 15.4 Å². The van der Waals surface area contributed by atoms with Gasteiger partial charge in [-0.3, -0.25) is 9.59 Å². The molecule has 2 heterocycles. The first kappa shape index (κ1) is 30.1. The van der Waals surface area contributed by atoms with Gasteiger partial charge in [-0.05, 0) is 51.5 Å². The van der Waals surface area contributed by atoms with Crippen molar-refractivity contribution in [2.45, 2.75) is 62.5 Å². The lowest BCUT2D eigenvalue weighted by atomic mass is 10.0. The van der Waals surface area contributed by atoms with Crippen molar-refractivity contribution in [1.29, 1.82) is 0 Å². The van der Waals surface area contributed by atoms with Gasteiger partial charge in [-0.25, -0.2) is 0 Å². The van der Waals surface area contributed by atoms with Crippen LogP contribution in [0.3, 0.4) is 0 Å². The van der Waals surface area contributed by atoms with E-state index in [0.29, 0.717) is 6.42 Å². The van der Waals surface area contributed by atoms with Gasteiger partial charge in [0.1, 0.15) is 0 Å². The minimum absolute atomic E-state index is 0.109. The number of nitrogens with zero attached hydrogens (tertiary/aromatic N) is 4. The Morgan fingerprint density at radius 2 is 1.20 bits per heavy atom. The Morgan fingerprint density at radius 1 is 0.780 bits per heavy atom. The average Bonchev–Trinajstić information content (AvgIpc) is 3.80. The van der Waals surface area contributed by atoms with Crippen LogP contribution < -0.4 is 10.6 Å². The molecule has 2 aromatic carbocycles. The van der Waals surface area contributed by atoms with Crippen molar-refractivity contribution in [2.24, 2.45) is 20.5 Å². The number of amides is 2. The van der Waals surface area contributed by atoms with Crippen molar-refractivity contribution in [3.8, 4) is 0 Å². The summed E-state index contributed by atoms with van der Waals surface area (Å²) in [6.45, 7) is 5.57. The number of carbonyl (C=O) groups excluding carboxylic acids is 2. The highest BCUT2D eigenvalue weighted by Crippen LogP contribution is 2.53. The van der Waals surface area contributed by atoms with Gasteiger partial charge in [0.05, 0.1) is 12.2 Å². The number of rotatable bonds is 11. The molecule has 0 radical (unpaired) electrons. The van der Waals surface area contributed by atoms with E-state index in [0.717, 1.165) is 24.3 Å². The van der Waals surface area contributed by atoms with Gasteiger partial charge >= 0.3 is 23.7 Å². The Hall–Kier alpha value is -3.88. The van der Waals surface area contributed by atoms with Gasteiger partial charge in [0.25, 0.3) is 11.8 Å². The molecule has 0 saturated heterocycles. The summed E-state index contributed by atoms with van der Waals surface area (Å²) >= 11 is 0. The maximum absolute atomic E-state index is 13.1. The molecule has 220 valence electrons. The van der Waals surface area contributed by atoms with Crippen LogP contribution >= 0.6 is 0 Å². The van der Waals surface area contributed by atoms with E-state index in [1.165, 1.54) is 24.3 Å². The fourth-order valence-corrected chi connectivity index (χ4v) is 3.94. The molecule has 0 aliphatic carbocycles. The van der Waals surface area contributed by atoms with E-state index in [1.807, 2.05) is 0 Å². The lowest BCUT2D eigenvalue weighted by Gasteiger charge is -2.27. The molecule has 0 fully saturated rings. The van der Waals surface area contributed by atoms with Gasteiger partial charge in [-0.15, -0.1) is 20.5 Å². The predicted octanol–water partition coefficient (Wildman–Crippen LogP) is 5.78. The molecule has 41 heavy (non-hydrogen) atoms. The van der Waals surface area contributed by atoms with Crippen molar-refractivity contribution in [1.82, 2.24) is 10.6 Å². The molecule has 4 rings (SSSR count). The number of alkyl halides is 6. The molecule has 0 aromatic heterocycles. The molecule has 0 bridgehead atoms. The van der Waals surface area contributed by atoms with E-state index in [9.17, 15) is 35.9 Å². The van der Waals surface area contributed by atoms with Crippen molar-refractivity contribution in [3.63, 3.8) is 0 Å². The third-order valence-corrected chi connectivity index (χ3v) is 6.60. The van der Waals surface area contributed by atoms with Gasteiger partial charge in [0.15, 0.2) is 0 Å². The van der Waals surface area contributed by atoms with Crippen LogP contribution in [0.4, 0.5) is 26.3 Å². The van der Waals surface area contributed by atoms with E-state index in [2.05, 4.69) is 31.1 Å². The van der Waals surface area contributed by atoms with Gasteiger partial charge in [0, 0.05) is 34.8 Å². The molecule has 1 atom stereocenters. The first-order chi connectivity index (χ1) is 19.0. The zero-order chi connectivity index (χ0) is 30.3. The second kappa shape index (κ2) is 10.5. The third kappa shape index (κ3) is 6.39. The number of hydrogen-bond acceptors (Lipinski definition) is 7. The quantitative estimate of drug-likeness (QED) is 0.326. The second-order valence-corrected chi connectivity index (χ2v) is 10.3. The van der Waals surface area contributed by atoms with Crippen LogP contribution in [-0.4, -0.2) is 49.0 Å². The molecular weight excluding hydrogens is 558 g/mol. The van der Waals surface area contributed by atoms with Gasteiger partial charge in [-0.1, -0.05) is 24.3 Å². The summed E-state index contributed by atoms with van der Waals surface area (Å²) in [5.41, 5.74) is -5.84. The lowest BCUT2D eigenvalue weighted by molar-refractivity contribution is -0.166. The summed E-state index contributed by atoms with van der Waals surface area (Å²) in [7, 11) is 0. The highest BCUT2D eigenvalue weighted by atomic mass is 19.4. The molecule has 1 unspecified atom stereocenters. The summed E-state index contributed by atoms with van der Waals surface area (Å²) in [5.74, 6) is -0.977. The van der Waals surface area contributed by atoms with Crippen LogP contribution in [0.5, 0.6) is 0 Å². The SMILES string of the molecule is CC(COC(C)(C)CCNC(=O)c1ccc(C2(C(F)(F)F)N=N2)cc1)NC(=O)c1ccc(C2(C(F)(F)F)N=N2)cc1. The summed E-state index contributed by atoms with van der Waals surface area (Å²) < 4.78 is 84.6. The average molecular weight is 585 g/mol. The first-order valence-electron chi connectivity index (χ1n) is 12.5. The number of hydrogen-bond donors (Lipinski definition) is 2. The Kier molecular flexibility index (Phi) is 7.71. The molecule has 9 nitrogen and oxygen atoms in total. The molecule has 2 aliphatic heterocycles. The van der Waals surface area contributed by atoms with E-state index in [-0.39, 0.29) is 35.4 Å². The highest BCUT2D eigenvalue weighted by Gasteiger charge is 2.65. The van der Waals surface area contributed by atoms with Crippen molar-refractivity contribution in [2.75, 3.05) is 13.2 Å². The Bertz CT molecular complexity index is 1340. The van der Waals surface area contributed by atoms with E-state index >= 15 is 0 Å². The smallest absolute Gasteiger partial charge is 0.373 e. The van der Waals surface area contributed by atoms with Crippen LogP contribution in [0.25, 0.3) is 0 Å². The molecule has 2 N–H and O–H groups in total. The Morgan fingerprint density at radius 3 is 1.59 bits per heavy atom. The van der Waals surface area contributed by atoms with E-state index in [4.69, 9.17) is 4.74 Å². The number of ether oxygens (including phenoxy) is 1. The van der Waals surface area contributed by atoms with Gasteiger partial charge in [0.2, 0.25) is 0 Å². The molecule has 2 aromatic rings. The fourth-order valence-electron chi connectivity index (χ4n) is 3.94. The standard InChI is InChI=1S/C26H26F6N6O3/c1-15(34-21(40)17-6-10-19(11-7-17)24(37-38-24)26(30,31)32)14-41-22(2,3)12-13-33-20(39)16-4-8-18(9-5-16)23(35-36-23)25(27,28)29/h4-11,15H,12-14H2,1-3H3,(H,33,39)(H,34,40). The van der Waals surface area contributed by atoms with Crippen LogP contribution in [0, 0.1) is 0 Å². The zero-order valence-electron chi connectivity index (χ0n) is 22.1. The predicted molar refractivity (Wildman–Crippen MR) is 132 cm³/mol. The number of carbonyl (C=O) groups is 2. The maximum atomic E-state index is 13.1. The van der Waals surface area contributed by atoms with Crippen molar-refractivity contribution in [3.05, 3.63) is 70.8 Å². The normalized spacial score (nSPS) is 17.6. The largest absolute Gasteiger partial charge is 0.442 e. The minimum atomic E-state index is -4.66. The van der Waals surface area contributed by atoms with E-state index < -0.39 is 47.1 Å². The first-order valence-corrected chi connectivity index (χ1v) is 12.5. The summed E-state index contributed by atoms with van der Waals surface area (Å²) in [6.07, 6.45) is -8.93. The molecule has 0 spiro atoms. The summed E-state index contributed by atoms with van der Waals surface area (Å²) in [6, 6.07) is 9.27. The maximum Gasteiger partial charge on any atom is 0.442 e. The zero-order valence-corrected chi connectivity index (χ0v) is 22.1. The highest BCUT2D eigenvalue weighted by molar-refractivity contribution is 5.94. The van der Waals surface area contributed by atoms with Crippen LogP contribution in [-0.2, 0) is 16.1 Å². The van der Waals surface area contributed by atoms with Crippen LogP contribution in [0.15, 0.2) is 69.0 Å². The number of halogens is 6. The molecule has 2 amide bonds. The summed E-state index contributed by atoms with van der Waals surface area (Å²) in [4.78, 5) is 24.9.